The van der Waals surface area contributed by atoms with Gasteiger partial charge in [-0.15, -0.1) is 0 Å². The van der Waals surface area contributed by atoms with Gasteiger partial charge in [0.05, 0.1) is 18.4 Å². The van der Waals surface area contributed by atoms with Crippen LogP contribution in [0.2, 0.25) is 0 Å². The normalized spacial score (nSPS) is 10.2. The topological polar surface area (TPSA) is 75.7 Å². The molecule has 0 spiro atoms. The number of ether oxygens (including phenoxy) is 1. The Morgan fingerprint density at radius 2 is 1.86 bits per heavy atom. The lowest BCUT2D eigenvalue weighted by molar-refractivity contribution is -0.124. The van der Waals surface area contributed by atoms with Crippen molar-refractivity contribution in [3.63, 3.8) is 0 Å². The van der Waals surface area contributed by atoms with E-state index in [1.807, 2.05) is 0 Å². The van der Waals surface area contributed by atoms with Crippen LogP contribution in [0.5, 0.6) is 0 Å². The summed E-state index contributed by atoms with van der Waals surface area (Å²) < 4.78 is 4.73. The van der Waals surface area contributed by atoms with Crippen molar-refractivity contribution in [2.75, 3.05) is 25.1 Å². The number of carbonyl (C=O) groups excluding carboxylic acids is 3. The molecule has 0 heterocycles. The van der Waals surface area contributed by atoms with Gasteiger partial charge in [0, 0.05) is 25.9 Å². The fourth-order valence-corrected chi connectivity index (χ4v) is 1.93. The second-order valence-electron chi connectivity index (χ2n) is 5.13. The molecule has 0 aromatic heterocycles. The second-order valence-corrected chi connectivity index (χ2v) is 5.13. The maximum atomic E-state index is 11.9. The van der Waals surface area contributed by atoms with E-state index in [2.05, 4.69) is 5.32 Å². The average Bonchev–Trinajstić information content (AvgIpc) is 2.50. The van der Waals surface area contributed by atoms with E-state index in [1.54, 1.807) is 38.1 Å². The Balaban J connectivity index is 2.90. The van der Waals surface area contributed by atoms with Gasteiger partial charge in [0.25, 0.3) is 0 Å². The van der Waals surface area contributed by atoms with Gasteiger partial charge in [-0.05, 0) is 12.1 Å². The summed E-state index contributed by atoms with van der Waals surface area (Å²) in [5.41, 5.74) is 0.788. The number of hydrogen-bond acceptors (Lipinski definition) is 4. The van der Waals surface area contributed by atoms with Crippen molar-refractivity contribution in [2.45, 2.75) is 20.8 Å². The van der Waals surface area contributed by atoms with Crippen LogP contribution in [0.4, 0.5) is 5.69 Å². The average molecular weight is 306 g/mol. The van der Waals surface area contributed by atoms with Gasteiger partial charge in [-0.2, -0.15) is 0 Å². The molecule has 1 rings (SSSR count). The third-order valence-electron chi connectivity index (χ3n) is 3.14. The second kappa shape index (κ2) is 8.17. The number of methoxy groups -OCH3 is 1. The number of nitrogens with zero attached hydrogens (tertiary/aromatic N) is 1. The molecule has 0 saturated heterocycles. The minimum atomic E-state index is -0.506. The molecule has 1 aromatic rings. The van der Waals surface area contributed by atoms with Crippen LogP contribution in [-0.4, -0.2) is 38.0 Å². The van der Waals surface area contributed by atoms with Gasteiger partial charge >= 0.3 is 5.97 Å². The summed E-state index contributed by atoms with van der Waals surface area (Å²) in [5.74, 6) is -0.916. The zero-order chi connectivity index (χ0) is 16.7. The summed E-state index contributed by atoms with van der Waals surface area (Å²) in [6.45, 7) is 5.60. The van der Waals surface area contributed by atoms with Crippen LogP contribution < -0.4 is 10.2 Å². The molecule has 0 bridgehead atoms. The smallest absolute Gasteiger partial charge is 0.339 e. The Kier molecular flexibility index (Phi) is 6.56. The number of hydrogen-bond donors (Lipinski definition) is 1. The van der Waals surface area contributed by atoms with Crippen molar-refractivity contribution in [3.8, 4) is 0 Å². The molecule has 120 valence electrons. The van der Waals surface area contributed by atoms with E-state index in [1.165, 1.54) is 18.9 Å². The van der Waals surface area contributed by atoms with Gasteiger partial charge in [-0.3, -0.25) is 9.59 Å². The molecule has 6 heteroatoms. The monoisotopic (exact) mass is 306 g/mol. The predicted octanol–water partition coefficient (Wildman–Crippen LogP) is 1.60. The highest BCUT2D eigenvalue weighted by Gasteiger charge is 2.19. The maximum Gasteiger partial charge on any atom is 0.339 e. The maximum absolute atomic E-state index is 11.9. The summed E-state index contributed by atoms with van der Waals surface area (Å²) in [5, 5.41) is 2.75. The van der Waals surface area contributed by atoms with Crippen LogP contribution in [0, 0.1) is 5.92 Å². The van der Waals surface area contributed by atoms with Gasteiger partial charge in [0.15, 0.2) is 0 Å². The number of carbonyl (C=O) groups is 3. The van der Waals surface area contributed by atoms with Crippen LogP contribution in [0.3, 0.4) is 0 Å². The number of rotatable bonds is 6. The predicted molar refractivity (Wildman–Crippen MR) is 83.7 cm³/mol. The van der Waals surface area contributed by atoms with E-state index in [9.17, 15) is 14.4 Å². The van der Waals surface area contributed by atoms with Crippen molar-refractivity contribution in [3.05, 3.63) is 29.8 Å². The standard InChI is InChI=1S/C16H22N2O4/c1-11(2)15(20)17-9-10-18(12(3)19)14-8-6-5-7-13(14)16(21)22-4/h5-8,11H,9-10H2,1-4H3,(H,17,20). The zero-order valence-electron chi connectivity index (χ0n) is 13.4. The van der Waals surface area contributed by atoms with Crippen LogP contribution in [-0.2, 0) is 14.3 Å². The molecule has 0 aliphatic heterocycles. The number of para-hydroxylation sites is 1. The lowest BCUT2D eigenvalue weighted by Gasteiger charge is -2.23. The number of benzene rings is 1. The van der Waals surface area contributed by atoms with Crippen LogP contribution >= 0.6 is 0 Å². The molecule has 0 aliphatic carbocycles. The first-order valence-corrected chi connectivity index (χ1v) is 7.11. The molecule has 2 amide bonds. The van der Waals surface area contributed by atoms with E-state index >= 15 is 0 Å². The molecule has 1 aromatic carbocycles. The Morgan fingerprint density at radius 3 is 2.41 bits per heavy atom. The van der Waals surface area contributed by atoms with Crippen molar-refractivity contribution in [1.82, 2.24) is 5.32 Å². The third kappa shape index (κ3) is 4.58. The summed E-state index contributed by atoms with van der Waals surface area (Å²) in [4.78, 5) is 36.7. The van der Waals surface area contributed by atoms with Crippen LogP contribution in [0.25, 0.3) is 0 Å². The highest BCUT2D eigenvalue weighted by molar-refractivity contribution is 6.01. The number of nitrogens with one attached hydrogen (secondary N) is 1. The number of anilines is 1. The van der Waals surface area contributed by atoms with Gasteiger partial charge < -0.3 is 15.0 Å². The van der Waals surface area contributed by atoms with Gasteiger partial charge in [0.2, 0.25) is 11.8 Å². The number of amides is 2. The molecule has 0 unspecified atom stereocenters. The van der Waals surface area contributed by atoms with E-state index in [-0.39, 0.29) is 24.3 Å². The molecule has 1 N–H and O–H groups in total. The highest BCUT2D eigenvalue weighted by atomic mass is 16.5. The Morgan fingerprint density at radius 1 is 1.23 bits per heavy atom. The van der Waals surface area contributed by atoms with Crippen molar-refractivity contribution < 1.29 is 19.1 Å². The molecular formula is C16H22N2O4. The largest absolute Gasteiger partial charge is 0.465 e. The summed E-state index contributed by atoms with van der Waals surface area (Å²) >= 11 is 0. The zero-order valence-corrected chi connectivity index (χ0v) is 13.4. The van der Waals surface area contributed by atoms with Gasteiger partial charge in [-0.25, -0.2) is 4.79 Å². The molecule has 0 saturated carbocycles. The lowest BCUT2D eigenvalue weighted by Crippen LogP contribution is -2.39. The van der Waals surface area contributed by atoms with E-state index in [0.29, 0.717) is 17.8 Å². The Labute approximate surface area is 130 Å². The van der Waals surface area contributed by atoms with Crippen LogP contribution in [0.15, 0.2) is 24.3 Å². The fraction of sp³-hybridized carbons (Fsp3) is 0.438. The highest BCUT2D eigenvalue weighted by Crippen LogP contribution is 2.21. The van der Waals surface area contributed by atoms with Gasteiger partial charge in [-0.1, -0.05) is 26.0 Å². The molecular weight excluding hydrogens is 284 g/mol. The molecule has 22 heavy (non-hydrogen) atoms. The van der Waals surface area contributed by atoms with Crippen molar-refractivity contribution >= 4 is 23.5 Å². The van der Waals surface area contributed by atoms with E-state index in [4.69, 9.17) is 4.74 Å². The lowest BCUT2D eigenvalue weighted by atomic mass is 10.1. The molecule has 6 nitrogen and oxygen atoms in total. The Hall–Kier alpha value is -2.37. The fourth-order valence-electron chi connectivity index (χ4n) is 1.93. The minimum Gasteiger partial charge on any atom is -0.465 e. The van der Waals surface area contributed by atoms with Crippen molar-refractivity contribution in [2.24, 2.45) is 5.92 Å². The summed E-state index contributed by atoms with van der Waals surface area (Å²) in [6.07, 6.45) is 0. The molecule has 0 fully saturated rings. The van der Waals surface area contributed by atoms with Crippen molar-refractivity contribution in [1.29, 1.82) is 0 Å². The number of esters is 1. The molecule has 0 atom stereocenters. The Bertz CT molecular complexity index is 555. The SMILES string of the molecule is COC(=O)c1ccccc1N(CCNC(=O)C(C)C)C(C)=O. The molecule has 0 aliphatic rings. The van der Waals surface area contributed by atoms with E-state index < -0.39 is 5.97 Å². The van der Waals surface area contributed by atoms with Gasteiger partial charge in [0.1, 0.15) is 0 Å². The minimum absolute atomic E-state index is 0.0789. The van der Waals surface area contributed by atoms with Crippen LogP contribution in [0.1, 0.15) is 31.1 Å². The third-order valence-corrected chi connectivity index (χ3v) is 3.14. The molecule has 0 radical (unpaired) electrons. The first-order valence-electron chi connectivity index (χ1n) is 7.11. The summed E-state index contributed by atoms with van der Waals surface area (Å²) in [7, 11) is 1.29. The first kappa shape index (κ1) is 17.7. The quantitative estimate of drug-likeness (QED) is 0.810. The van der Waals surface area contributed by atoms with E-state index in [0.717, 1.165) is 0 Å². The summed E-state index contributed by atoms with van der Waals surface area (Å²) in [6, 6.07) is 6.72. The first-order chi connectivity index (χ1) is 10.4.